The number of nitriles is 1. The summed E-state index contributed by atoms with van der Waals surface area (Å²) in [7, 11) is 2.09. The number of nitrogens with zero attached hydrogens (tertiary/aromatic N) is 3. The molecular weight excluding hydrogens is 202 g/mol. The summed E-state index contributed by atoms with van der Waals surface area (Å²) in [6.07, 6.45) is 2.68. The van der Waals surface area contributed by atoms with Crippen molar-refractivity contribution < 1.29 is 0 Å². The van der Waals surface area contributed by atoms with Gasteiger partial charge in [-0.15, -0.1) is 0 Å². The predicted octanol–water partition coefficient (Wildman–Crippen LogP) is 0.651. The smallest absolute Gasteiger partial charge is 0.150 e. The zero-order valence-electron chi connectivity index (χ0n) is 9.27. The van der Waals surface area contributed by atoms with Crippen molar-refractivity contribution >= 4 is 11.5 Å². The Kier molecular flexibility index (Phi) is 2.93. The molecule has 0 aromatic carbocycles. The SMILES string of the molecule is CN1CCC(Nc2nccc(C#N)c2N)C1. The van der Waals surface area contributed by atoms with Gasteiger partial charge in [0.15, 0.2) is 5.82 Å². The van der Waals surface area contributed by atoms with Crippen LogP contribution < -0.4 is 11.1 Å². The summed E-state index contributed by atoms with van der Waals surface area (Å²) in [5.41, 5.74) is 6.77. The van der Waals surface area contributed by atoms with Gasteiger partial charge in [0, 0.05) is 18.8 Å². The highest BCUT2D eigenvalue weighted by Crippen LogP contribution is 2.21. The number of nitrogen functional groups attached to an aromatic ring is 1. The number of likely N-dealkylation sites (tertiary alicyclic amines) is 1. The Morgan fingerprint density at radius 1 is 1.69 bits per heavy atom. The average Bonchev–Trinajstić information content (AvgIpc) is 2.67. The molecule has 3 N–H and O–H groups in total. The molecular formula is C11H15N5. The molecule has 1 aromatic heterocycles. The van der Waals surface area contributed by atoms with Crippen LogP contribution in [-0.2, 0) is 0 Å². The Hall–Kier alpha value is -1.80. The molecule has 2 heterocycles. The second-order valence-corrected chi connectivity index (χ2v) is 4.12. The zero-order chi connectivity index (χ0) is 11.5. The number of likely N-dealkylation sites (N-methyl/N-ethyl adjacent to an activating group) is 1. The molecule has 1 saturated heterocycles. The molecule has 0 amide bonds. The van der Waals surface area contributed by atoms with E-state index in [-0.39, 0.29) is 0 Å². The number of rotatable bonds is 2. The first-order valence-electron chi connectivity index (χ1n) is 5.30. The standard InChI is InChI=1S/C11H15N5/c1-16-5-3-9(7-16)15-11-10(13)8(6-12)2-4-14-11/h2,4,9H,3,5,7,13H2,1H3,(H,14,15). The number of hydrogen-bond acceptors (Lipinski definition) is 5. The molecule has 1 unspecified atom stereocenters. The van der Waals surface area contributed by atoms with Gasteiger partial charge in [0.1, 0.15) is 6.07 Å². The summed E-state index contributed by atoms with van der Waals surface area (Å²) < 4.78 is 0. The van der Waals surface area contributed by atoms with Crippen LogP contribution in [0.5, 0.6) is 0 Å². The van der Waals surface area contributed by atoms with Crippen LogP contribution in [0.15, 0.2) is 12.3 Å². The maximum absolute atomic E-state index is 8.85. The van der Waals surface area contributed by atoms with Crippen molar-refractivity contribution in [2.45, 2.75) is 12.5 Å². The van der Waals surface area contributed by atoms with Crippen molar-refractivity contribution in [2.75, 3.05) is 31.2 Å². The molecule has 0 spiro atoms. The second-order valence-electron chi connectivity index (χ2n) is 4.12. The lowest BCUT2D eigenvalue weighted by Gasteiger charge is -2.15. The molecule has 1 atom stereocenters. The van der Waals surface area contributed by atoms with Gasteiger partial charge in [-0.25, -0.2) is 4.98 Å². The fraction of sp³-hybridized carbons (Fsp3) is 0.455. The summed E-state index contributed by atoms with van der Waals surface area (Å²) in [6, 6.07) is 4.05. The zero-order valence-corrected chi connectivity index (χ0v) is 9.27. The molecule has 0 bridgehead atoms. The molecule has 0 aliphatic carbocycles. The van der Waals surface area contributed by atoms with Gasteiger partial charge in [0.25, 0.3) is 0 Å². The average molecular weight is 217 g/mol. The van der Waals surface area contributed by atoms with E-state index in [0.29, 0.717) is 23.1 Å². The van der Waals surface area contributed by atoms with Crippen molar-refractivity contribution in [3.8, 4) is 6.07 Å². The molecule has 0 saturated carbocycles. The second kappa shape index (κ2) is 4.37. The first-order valence-corrected chi connectivity index (χ1v) is 5.30. The van der Waals surface area contributed by atoms with Gasteiger partial charge >= 0.3 is 0 Å². The third-order valence-corrected chi connectivity index (χ3v) is 2.84. The Morgan fingerprint density at radius 3 is 3.12 bits per heavy atom. The first-order chi connectivity index (χ1) is 7.70. The van der Waals surface area contributed by atoms with Crippen molar-refractivity contribution in [3.05, 3.63) is 17.8 Å². The van der Waals surface area contributed by atoms with Crippen LogP contribution >= 0.6 is 0 Å². The third kappa shape index (κ3) is 2.07. The number of nitrogens with one attached hydrogen (secondary N) is 1. The van der Waals surface area contributed by atoms with E-state index in [1.54, 1.807) is 12.3 Å². The topological polar surface area (TPSA) is 78.0 Å². The molecule has 5 nitrogen and oxygen atoms in total. The van der Waals surface area contributed by atoms with Gasteiger partial charge < -0.3 is 16.0 Å². The maximum Gasteiger partial charge on any atom is 0.150 e. The highest BCUT2D eigenvalue weighted by Gasteiger charge is 2.20. The van der Waals surface area contributed by atoms with Crippen LogP contribution in [0.1, 0.15) is 12.0 Å². The molecule has 0 radical (unpaired) electrons. The summed E-state index contributed by atoms with van der Waals surface area (Å²) in [4.78, 5) is 6.42. The highest BCUT2D eigenvalue weighted by atomic mass is 15.2. The van der Waals surface area contributed by atoms with E-state index in [1.165, 1.54) is 0 Å². The van der Waals surface area contributed by atoms with Crippen LogP contribution in [0.4, 0.5) is 11.5 Å². The summed E-state index contributed by atoms with van der Waals surface area (Å²) in [6.45, 7) is 2.06. The summed E-state index contributed by atoms with van der Waals surface area (Å²) in [5.74, 6) is 0.624. The van der Waals surface area contributed by atoms with E-state index in [1.807, 2.05) is 0 Å². The number of nitrogens with two attached hydrogens (primary N) is 1. The van der Waals surface area contributed by atoms with Gasteiger partial charge in [-0.2, -0.15) is 5.26 Å². The number of aromatic nitrogens is 1. The Morgan fingerprint density at radius 2 is 2.50 bits per heavy atom. The fourth-order valence-corrected chi connectivity index (χ4v) is 1.93. The van der Waals surface area contributed by atoms with Crippen molar-refractivity contribution in [1.29, 1.82) is 5.26 Å². The van der Waals surface area contributed by atoms with E-state index >= 15 is 0 Å². The van der Waals surface area contributed by atoms with Crippen molar-refractivity contribution in [1.82, 2.24) is 9.88 Å². The largest absolute Gasteiger partial charge is 0.395 e. The van der Waals surface area contributed by atoms with Gasteiger partial charge in [-0.1, -0.05) is 0 Å². The predicted molar refractivity (Wildman–Crippen MR) is 62.9 cm³/mol. The minimum atomic E-state index is 0.369. The lowest BCUT2D eigenvalue weighted by Crippen LogP contribution is -2.24. The maximum atomic E-state index is 8.85. The van der Waals surface area contributed by atoms with E-state index in [0.717, 1.165) is 19.5 Å². The lowest BCUT2D eigenvalue weighted by molar-refractivity contribution is 0.414. The first kappa shape index (κ1) is 10.7. The number of hydrogen-bond donors (Lipinski definition) is 2. The molecule has 1 aromatic rings. The quantitative estimate of drug-likeness (QED) is 0.760. The van der Waals surface area contributed by atoms with Crippen LogP contribution in [0, 0.1) is 11.3 Å². The van der Waals surface area contributed by atoms with Gasteiger partial charge in [0.05, 0.1) is 11.3 Å². The summed E-state index contributed by atoms with van der Waals surface area (Å²) >= 11 is 0. The van der Waals surface area contributed by atoms with E-state index in [9.17, 15) is 0 Å². The van der Waals surface area contributed by atoms with Crippen molar-refractivity contribution in [3.63, 3.8) is 0 Å². The van der Waals surface area contributed by atoms with E-state index in [2.05, 4.69) is 28.3 Å². The Balaban J connectivity index is 2.13. The molecule has 1 aliphatic rings. The normalized spacial score (nSPS) is 20.6. The number of anilines is 2. The van der Waals surface area contributed by atoms with E-state index < -0.39 is 0 Å². The minimum absolute atomic E-state index is 0.369. The van der Waals surface area contributed by atoms with Crippen LogP contribution in [0.3, 0.4) is 0 Å². The van der Waals surface area contributed by atoms with Gasteiger partial charge in [-0.05, 0) is 26.1 Å². The third-order valence-electron chi connectivity index (χ3n) is 2.84. The summed E-state index contributed by atoms with van der Waals surface area (Å²) in [5, 5.41) is 12.1. The Bertz CT molecular complexity index is 423. The van der Waals surface area contributed by atoms with Crippen molar-refractivity contribution in [2.24, 2.45) is 0 Å². The van der Waals surface area contributed by atoms with Gasteiger partial charge in [0.2, 0.25) is 0 Å². The fourth-order valence-electron chi connectivity index (χ4n) is 1.93. The number of pyridine rings is 1. The molecule has 2 rings (SSSR count). The molecule has 5 heteroatoms. The van der Waals surface area contributed by atoms with Crippen LogP contribution in [-0.4, -0.2) is 36.1 Å². The molecule has 1 fully saturated rings. The molecule has 16 heavy (non-hydrogen) atoms. The molecule has 84 valence electrons. The van der Waals surface area contributed by atoms with Crippen LogP contribution in [0.2, 0.25) is 0 Å². The molecule has 1 aliphatic heterocycles. The monoisotopic (exact) mass is 217 g/mol. The highest BCUT2D eigenvalue weighted by molar-refractivity contribution is 5.69. The lowest BCUT2D eigenvalue weighted by atomic mass is 10.2. The van der Waals surface area contributed by atoms with E-state index in [4.69, 9.17) is 11.0 Å². The minimum Gasteiger partial charge on any atom is -0.395 e. The van der Waals surface area contributed by atoms with Crippen LogP contribution in [0.25, 0.3) is 0 Å². The van der Waals surface area contributed by atoms with Gasteiger partial charge in [-0.3, -0.25) is 0 Å². The Labute approximate surface area is 94.9 Å².